The van der Waals surface area contributed by atoms with Gasteiger partial charge in [0.2, 0.25) is 0 Å². The van der Waals surface area contributed by atoms with Crippen molar-refractivity contribution in [3.8, 4) is 0 Å². The zero-order valence-electron chi connectivity index (χ0n) is 13.3. The van der Waals surface area contributed by atoms with Crippen molar-refractivity contribution in [2.75, 3.05) is 0 Å². The zero-order chi connectivity index (χ0) is 15.6. The third kappa shape index (κ3) is 3.04. The summed E-state index contributed by atoms with van der Waals surface area (Å²) in [5, 5.41) is 11.5. The lowest BCUT2D eigenvalue weighted by Gasteiger charge is -2.14. The minimum Gasteiger partial charge on any atom is -0.344 e. The Kier molecular flexibility index (Phi) is 4.16. The van der Waals surface area contributed by atoms with E-state index in [2.05, 4.69) is 26.1 Å². The third-order valence-electron chi connectivity index (χ3n) is 4.81. The van der Waals surface area contributed by atoms with E-state index in [4.69, 9.17) is 0 Å². The largest absolute Gasteiger partial charge is 0.344 e. The molecule has 2 aromatic rings. The van der Waals surface area contributed by atoms with Crippen LogP contribution in [0.4, 0.5) is 0 Å². The van der Waals surface area contributed by atoms with Crippen LogP contribution in [0.3, 0.4) is 0 Å². The number of hydrogen-bond donors (Lipinski definition) is 1. The molecule has 0 fully saturated rings. The standard InChI is InChI=1S/C17H22N4OS/c22-17(14-10-12-6-2-1-3-7-13(12)23-14)18-11-16-20-19-15-8-4-5-9-21(15)16/h10H,1-9,11H2,(H,18,22). The van der Waals surface area contributed by atoms with Gasteiger partial charge in [-0.2, -0.15) is 0 Å². The molecule has 0 unspecified atom stereocenters. The zero-order valence-corrected chi connectivity index (χ0v) is 14.1. The Morgan fingerprint density at radius 2 is 2.00 bits per heavy atom. The number of fused-ring (bicyclic) bond motifs is 2. The summed E-state index contributed by atoms with van der Waals surface area (Å²) in [5.74, 6) is 1.96. The molecule has 0 spiro atoms. The molecule has 0 saturated carbocycles. The van der Waals surface area contributed by atoms with Crippen LogP contribution in [0, 0.1) is 0 Å². The lowest BCUT2D eigenvalue weighted by atomic mass is 10.1. The van der Waals surface area contributed by atoms with Gasteiger partial charge in [0.15, 0.2) is 5.82 Å². The number of carbonyl (C=O) groups excluding carboxylic acids is 1. The van der Waals surface area contributed by atoms with Crippen LogP contribution in [0.1, 0.15) is 63.9 Å². The van der Waals surface area contributed by atoms with Gasteiger partial charge >= 0.3 is 0 Å². The second-order valence-electron chi connectivity index (χ2n) is 6.44. The van der Waals surface area contributed by atoms with Gasteiger partial charge in [-0.15, -0.1) is 21.5 Å². The molecule has 1 N–H and O–H groups in total. The molecule has 122 valence electrons. The van der Waals surface area contributed by atoms with Crippen molar-refractivity contribution in [1.82, 2.24) is 20.1 Å². The minimum atomic E-state index is 0.0243. The fourth-order valence-corrected chi connectivity index (χ4v) is 4.70. The maximum atomic E-state index is 12.5. The molecule has 5 nitrogen and oxygen atoms in total. The average molecular weight is 330 g/mol. The quantitative estimate of drug-likeness (QED) is 0.880. The SMILES string of the molecule is O=C(NCc1nnc2n1CCCC2)c1cc2c(s1)CCCCC2. The lowest BCUT2D eigenvalue weighted by Crippen LogP contribution is -2.25. The van der Waals surface area contributed by atoms with Crippen molar-refractivity contribution in [3.05, 3.63) is 33.0 Å². The van der Waals surface area contributed by atoms with Crippen LogP contribution in [0.15, 0.2) is 6.07 Å². The highest BCUT2D eigenvalue weighted by atomic mass is 32.1. The van der Waals surface area contributed by atoms with E-state index in [1.165, 1.54) is 42.5 Å². The maximum absolute atomic E-state index is 12.5. The Balaban J connectivity index is 1.43. The topological polar surface area (TPSA) is 59.8 Å². The number of thiophene rings is 1. The van der Waals surface area contributed by atoms with Crippen molar-refractivity contribution >= 4 is 17.2 Å². The molecular weight excluding hydrogens is 308 g/mol. The highest BCUT2D eigenvalue weighted by Gasteiger charge is 2.19. The van der Waals surface area contributed by atoms with Crippen LogP contribution >= 0.6 is 11.3 Å². The van der Waals surface area contributed by atoms with Gasteiger partial charge in [0, 0.05) is 17.8 Å². The van der Waals surface area contributed by atoms with Gasteiger partial charge < -0.3 is 9.88 Å². The molecular formula is C17H22N4OS. The molecule has 6 heteroatoms. The minimum absolute atomic E-state index is 0.0243. The van der Waals surface area contributed by atoms with Crippen LogP contribution < -0.4 is 5.32 Å². The van der Waals surface area contributed by atoms with Gasteiger partial charge in [-0.3, -0.25) is 4.79 Å². The summed E-state index contributed by atoms with van der Waals surface area (Å²) < 4.78 is 2.16. The normalized spacial score (nSPS) is 17.2. The van der Waals surface area contributed by atoms with E-state index in [0.29, 0.717) is 6.54 Å². The van der Waals surface area contributed by atoms with Gasteiger partial charge in [0.05, 0.1) is 11.4 Å². The molecule has 2 aliphatic rings. The van der Waals surface area contributed by atoms with E-state index in [-0.39, 0.29) is 5.91 Å². The molecule has 1 aliphatic carbocycles. The highest BCUT2D eigenvalue weighted by Crippen LogP contribution is 2.29. The average Bonchev–Trinajstić information content (AvgIpc) is 3.11. The summed E-state index contributed by atoms with van der Waals surface area (Å²) >= 11 is 1.67. The summed E-state index contributed by atoms with van der Waals surface area (Å²) in [5.41, 5.74) is 1.39. The molecule has 0 bridgehead atoms. The van der Waals surface area contributed by atoms with E-state index < -0.39 is 0 Å². The van der Waals surface area contributed by atoms with Gasteiger partial charge in [0.1, 0.15) is 5.82 Å². The molecule has 1 aliphatic heterocycles. The van der Waals surface area contributed by atoms with E-state index in [0.717, 1.165) is 42.3 Å². The summed E-state index contributed by atoms with van der Waals surface area (Å²) in [6.07, 6.45) is 9.41. The molecule has 0 radical (unpaired) electrons. The van der Waals surface area contributed by atoms with Gasteiger partial charge in [-0.05, 0) is 50.2 Å². The monoisotopic (exact) mass is 330 g/mol. The van der Waals surface area contributed by atoms with Crippen molar-refractivity contribution in [1.29, 1.82) is 0 Å². The van der Waals surface area contributed by atoms with Gasteiger partial charge in [-0.25, -0.2) is 0 Å². The number of rotatable bonds is 3. The molecule has 0 aromatic carbocycles. The molecule has 1 amide bonds. The second kappa shape index (κ2) is 6.43. The Morgan fingerprint density at radius 1 is 1.13 bits per heavy atom. The van der Waals surface area contributed by atoms with Crippen LogP contribution in [-0.4, -0.2) is 20.7 Å². The summed E-state index contributed by atoms with van der Waals surface area (Å²) in [7, 11) is 0. The van der Waals surface area contributed by atoms with Crippen molar-refractivity contribution in [2.24, 2.45) is 0 Å². The van der Waals surface area contributed by atoms with E-state index >= 15 is 0 Å². The fourth-order valence-electron chi connectivity index (χ4n) is 3.53. The first-order valence-electron chi connectivity index (χ1n) is 8.62. The number of nitrogens with one attached hydrogen (secondary N) is 1. The first kappa shape index (κ1) is 14.9. The van der Waals surface area contributed by atoms with Crippen LogP contribution in [0.5, 0.6) is 0 Å². The summed E-state index contributed by atoms with van der Waals surface area (Å²) in [4.78, 5) is 14.7. The second-order valence-corrected chi connectivity index (χ2v) is 7.58. The predicted molar refractivity (Wildman–Crippen MR) is 89.7 cm³/mol. The first-order valence-corrected chi connectivity index (χ1v) is 9.43. The number of nitrogens with zero attached hydrogens (tertiary/aromatic N) is 3. The number of aryl methyl sites for hydroxylation is 3. The predicted octanol–water partition coefficient (Wildman–Crippen LogP) is 2.87. The molecule has 2 aromatic heterocycles. The highest BCUT2D eigenvalue weighted by molar-refractivity contribution is 7.14. The maximum Gasteiger partial charge on any atom is 0.261 e. The molecule has 0 atom stereocenters. The van der Waals surface area contributed by atoms with Crippen LogP contribution in [0.25, 0.3) is 0 Å². The smallest absolute Gasteiger partial charge is 0.261 e. The first-order chi connectivity index (χ1) is 11.3. The number of carbonyl (C=O) groups is 1. The fraction of sp³-hybridized carbons (Fsp3) is 0.588. The van der Waals surface area contributed by atoms with Crippen molar-refractivity contribution in [3.63, 3.8) is 0 Å². The number of aromatic nitrogens is 3. The molecule has 3 heterocycles. The van der Waals surface area contributed by atoms with Crippen LogP contribution in [0.2, 0.25) is 0 Å². The Hall–Kier alpha value is -1.69. The Morgan fingerprint density at radius 3 is 2.96 bits per heavy atom. The van der Waals surface area contributed by atoms with E-state index in [1.807, 2.05) is 0 Å². The summed E-state index contributed by atoms with van der Waals surface area (Å²) in [6, 6.07) is 2.10. The summed E-state index contributed by atoms with van der Waals surface area (Å²) in [6.45, 7) is 1.44. The Labute approximate surface area is 140 Å². The molecule has 23 heavy (non-hydrogen) atoms. The third-order valence-corrected chi connectivity index (χ3v) is 6.05. The van der Waals surface area contributed by atoms with Gasteiger partial charge in [0.25, 0.3) is 5.91 Å². The van der Waals surface area contributed by atoms with E-state index in [1.54, 1.807) is 11.3 Å². The number of amides is 1. The van der Waals surface area contributed by atoms with Crippen molar-refractivity contribution in [2.45, 2.75) is 64.5 Å². The molecule has 4 rings (SSSR count). The Bertz CT molecular complexity index is 695. The lowest BCUT2D eigenvalue weighted by molar-refractivity contribution is 0.0953. The van der Waals surface area contributed by atoms with Gasteiger partial charge in [-0.1, -0.05) is 6.42 Å². The molecule has 0 saturated heterocycles. The van der Waals surface area contributed by atoms with E-state index in [9.17, 15) is 4.79 Å². The van der Waals surface area contributed by atoms with Crippen LogP contribution in [-0.2, 0) is 32.4 Å². The number of hydrogen-bond acceptors (Lipinski definition) is 4. The van der Waals surface area contributed by atoms with Crippen molar-refractivity contribution < 1.29 is 4.79 Å².